The zero-order chi connectivity index (χ0) is 17.9. The molecule has 0 aromatic heterocycles. The van der Waals surface area contributed by atoms with E-state index in [1.807, 2.05) is 42.5 Å². The fourth-order valence-electron chi connectivity index (χ4n) is 3.25. The van der Waals surface area contributed by atoms with Crippen LogP contribution in [-0.4, -0.2) is 30.2 Å². The molecule has 0 fully saturated rings. The normalized spacial score (nSPS) is 21.0. The molecule has 2 atom stereocenters. The number of hydrogen-bond donors (Lipinski definition) is 2. The van der Waals surface area contributed by atoms with Gasteiger partial charge in [0.2, 0.25) is 11.8 Å². The van der Waals surface area contributed by atoms with Gasteiger partial charge in [-0.3, -0.25) is 9.59 Å². The van der Waals surface area contributed by atoms with Crippen LogP contribution in [0.5, 0.6) is 5.75 Å². The molecule has 2 unspecified atom stereocenters. The van der Waals surface area contributed by atoms with E-state index in [-0.39, 0.29) is 24.2 Å². The maximum Gasteiger partial charge on any atom is 0.238 e. The Morgan fingerprint density at radius 3 is 2.92 bits per heavy atom. The molecule has 26 heavy (non-hydrogen) atoms. The fourth-order valence-corrected chi connectivity index (χ4v) is 4.36. The first-order chi connectivity index (χ1) is 12.7. The van der Waals surface area contributed by atoms with Crippen LogP contribution in [0.15, 0.2) is 53.4 Å². The molecule has 0 spiro atoms. The van der Waals surface area contributed by atoms with Crippen LogP contribution < -0.4 is 15.4 Å². The Labute approximate surface area is 156 Å². The van der Waals surface area contributed by atoms with E-state index < -0.39 is 5.25 Å². The Bertz CT molecular complexity index is 839. The molecule has 2 heterocycles. The Hall–Kier alpha value is -2.47. The molecule has 2 amide bonds. The van der Waals surface area contributed by atoms with E-state index in [0.717, 1.165) is 22.8 Å². The van der Waals surface area contributed by atoms with Gasteiger partial charge in [-0.05, 0) is 30.2 Å². The highest BCUT2D eigenvalue weighted by atomic mass is 32.2. The number of rotatable bonds is 4. The number of fused-ring (bicyclic) bond motifs is 2. The largest absolute Gasteiger partial charge is 0.493 e. The van der Waals surface area contributed by atoms with Crippen molar-refractivity contribution in [2.24, 2.45) is 5.92 Å². The predicted molar refractivity (Wildman–Crippen MR) is 101 cm³/mol. The average Bonchev–Trinajstić information content (AvgIpc) is 2.67. The Balaban J connectivity index is 1.29. The van der Waals surface area contributed by atoms with Crippen LogP contribution in [0.1, 0.15) is 12.0 Å². The summed E-state index contributed by atoms with van der Waals surface area (Å²) < 4.78 is 5.75. The van der Waals surface area contributed by atoms with E-state index in [1.165, 1.54) is 17.3 Å². The predicted octanol–water partition coefficient (Wildman–Crippen LogP) is 2.86. The first kappa shape index (κ1) is 17.0. The van der Waals surface area contributed by atoms with Gasteiger partial charge < -0.3 is 15.4 Å². The van der Waals surface area contributed by atoms with Crippen LogP contribution in [0.2, 0.25) is 0 Å². The molecule has 5 nitrogen and oxygen atoms in total. The molecule has 2 aliphatic rings. The minimum atomic E-state index is -0.395. The summed E-state index contributed by atoms with van der Waals surface area (Å²) in [6, 6.07) is 15.6. The molecule has 4 rings (SSSR count). The molecule has 2 aliphatic heterocycles. The van der Waals surface area contributed by atoms with Gasteiger partial charge >= 0.3 is 0 Å². The molecule has 0 radical (unpaired) electrons. The van der Waals surface area contributed by atoms with Gasteiger partial charge in [-0.2, -0.15) is 0 Å². The van der Waals surface area contributed by atoms with Gasteiger partial charge in [-0.1, -0.05) is 30.3 Å². The van der Waals surface area contributed by atoms with Crippen LogP contribution in [0, 0.1) is 5.92 Å². The van der Waals surface area contributed by atoms with Crippen molar-refractivity contribution in [2.45, 2.75) is 23.0 Å². The lowest BCUT2D eigenvalue weighted by Crippen LogP contribution is -2.38. The zero-order valence-corrected chi connectivity index (χ0v) is 15.1. The number of anilines is 1. The summed E-state index contributed by atoms with van der Waals surface area (Å²) in [4.78, 5) is 25.5. The third-order valence-electron chi connectivity index (χ3n) is 4.62. The molecule has 2 aromatic rings. The number of nitrogens with one attached hydrogen (secondary N) is 2. The molecule has 6 heteroatoms. The molecule has 0 saturated carbocycles. The molecule has 2 aromatic carbocycles. The number of ether oxygens (including phenoxy) is 1. The highest BCUT2D eigenvalue weighted by Gasteiger charge is 2.29. The molecule has 134 valence electrons. The van der Waals surface area contributed by atoms with Gasteiger partial charge in [-0.15, -0.1) is 11.8 Å². The average molecular weight is 368 g/mol. The van der Waals surface area contributed by atoms with Gasteiger partial charge in [0.1, 0.15) is 5.75 Å². The van der Waals surface area contributed by atoms with Crippen molar-refractivity contribution < 1.29 is 14.3 Å². The Kier molecular flexibility index (Phi) is 4.84. The lowest BCUT2D eigenvalue weighted by molar-refractivity contribution is -0.124. The minimum absolute atomic E-state index is 0.101. The summed E-state index contributed by atoms with van der Waals surface area (Å²) in [5, 5.41) is 5.44. The van der Waals surface area contributed by atoms with E-state index in [2.05, 4.69) is 16.7 Å². The van der Waals surface area contributed by atoms with Crippen molar-refractivity contribution in [1.82, 2.24) is 5.32 Å². The molecule has 0 bridgehead atoms. The van der Waals surface area contributed by atoms with Gasteiger partial charge in [0.05, 0.1) is 17.5 Å². The maximum absolute atomic E-state index is 12.3. The number of para-hydroxylation sites is 2. The second-order valence-electron chi connectivity index (χ2n) is 6.59. The first-order valence-corrected chi connectivity index (χ1v) is 9.61. The van der Waals surface area contributed by atoms with Crippen molar-refractivity contribution in [2.75, 3.05) is 18.5 Å². The zero-order valence-electron chi connectivity index (χ0n) is 14.2. The first-order valence-electron chi connectivity index (χ1n) is 8.73. The molecular formula is C20H20N2O3S. The number of thioether (sulfide) groups is 1. The van der Waals surface area contributed by atoms with Crippen LogP contribution in [0.3, 0.4) is 0 Å². The van der Waals surface area contributed by atoms with Gasteiger partial charge in [0, 0.05) is 23.8 Å². The third kappa shape index (κ3) is 3.70. The minimum Gasteiger partial charge on any atom is -0.493 e. The number of benzene rings is 2. The quantitative estimate of drug-likeness (QED) is 0.871. The lowest BCUT2D eigenvalue weighted by Gasteiger charge is -2.26. The SMILES string of the molecule is O=C(CC1Sc2ccccc2NC1=O)NCC1COc2ccccc2C1. The van der Waals surface area contributed by atoms with E-state index >= 15 is 0 Å². The molecule has 0 saturated heterocycles. The summed E-state index contributed by atoms with van der Waals surface area (Å²) in [6.45, 7) is 1.16. The Morgan fingerprint density at radius 2 is 2.00 bits per heavy atom. The van der Waals surface area contributed by atoms with Gasteiger partial charge in [0.25, 0.3) is 0 Å². The van der Waals surface area contributed by atoms with Crippen molar-refractivity contribution in [3.05, 3.63) is 54.1 Å². The van der Waals surface area contributed by atoms with Crippen molar-refractivity contribution in [1.29, 1.82) is 0 Å². The number of carbonyl (C=O) groups excluding carboxylic acids is 2. The van der Waals surface area contributed by atoms with Crippen molar-refractivity contribution in [3.63, 3.8) is 0 Å². The van der Waals surface area contributed by atoms with Gasteiger partial charge in [-0.25, -0.2) is 0 Å². The standard InChI is InChI=1S/C20H20N2O3S/c23-19(10-18-20(24)22-15-6-2-4-8-17(15)26-18)21-11-13-9-14-5-1-3-7-16(14)25-12-13/h1-8,13,18H,9-12H2,(H,21,23)(H,22,24). The van der Waals surface area contributed by atoms with E-state index in [0.29, 0.717) is 13.2 Å². The number of carbonyl (C=O) groups is 2. The maximum atomic E-state index is 12.3. The molecule has 0 aliphatic carbocycles. The second kappa shape index (κ2) is 7.41. The number of hydrogen-bond acceptors (Lipinski definition) is 4. The van der Waals surface area contributed by atoms with Crippen molar-refractivity contribution >= 4 is 29.3 Å². The highest BCUT2D eigenvalue weighted by molar-refractivity contribution is 8.01. The fraction of sp³-hybridized carbons (Fsp3) is 0.300. The smallest absolute Gasteiger partial charge is 0.238 e. The summed E-state index contributed by atoms with van der Waals surface area (Å²) in [5.41, 5.74) is 1.99. The monoisotopic (exact) mass is 368 g/mol. The lowest BCUT2D eigenvalue weighted by atomic mass is 9.97. The van der Waals surface area contributed by atoms with Gasteiger partial charge in [0.15, 0.2) is 0 Å². The molecule has 2 N–H and O–H groups in total. The summed E-state index contributed by atoms with van der Waals surface area (Å²) >= 11 is 1.45. The number of amides is 2. The van der Waals surface area contributed by atoms with Crippen LogP contribution >= 0.6 is 11.8 Å². The van der Waals surface area contributed by atoms with Crippen LogP contribution in [0.4, 0.5) is 5.69 Å². The molecular weight excluding hydrogens is 348 g/mol. The van der Waals surface area contributed by atoms with Crippen molar-refractivity contribution in [3.8, 4) is 5.75 Å². The van der Waals surface area contributed by atoms with E-state index in [9.17, 15) is 9.59 Å². The summed E-state index contributed by atoms with van der Waals surface area (Å²) in [6.07, 6.45) is 1.07. The highest BCUT2D eigenvalue weighted by Crippen LogP contribution is 2.36. The van der Waals surface area contributed by atoms with Crippen LogP contribution in [0.25, 0.3) is 0 Å². The van der Waals surface area contributed by atoms with E-state index in [4.69, 9.17) is 4.74 Å². The topological polar surface area (TPSA) is 67.4 Å². The summed E-state index contributed by atoms with van der Waals surface area (Å²) in [7, 11) is 0. The summed E-state index contributed by atoms with van der Waals surface area (Å²) in [5.74, 6) is 0.973. The van der Waals surface area contributed by atoms with E-state index in [1.54, 1.807) is 0 Å². The van der Waals surface area contributed by atoms with Crippen LogP contribution in [-0.2, 0) is 16.0 Å². The Morgan fingerprint density at radius 1 is 1.19 bits per heavy atom. The second-order valence-corrected chi connectivity index (χ2v) is 7.83. The third-order valence-corrected chi connectivity index (χ3v) is 5.90.